The van der Waals surface area contributed by atoms with Crippen molar-refractivity contribution in [3.8, 4) is 0 Å². The molecule has 2 heterocycles. The zero-order chi connectivity index (χ0) is 8.39. The van der Waals surface area contributed by atoms with Crippen LogP contribution in [0.5, 0.6) is 0 Å². The number of rotatable bonds is 1. The molecule has 0 spiro atoms. The molecule has 2 rings (SSSR count). The van der Waals surface area contributed by atoms with Crippen molar-refractivity contribution in [3.63, 3.8) is 0 Å². The molecule has 0 amide bonds. The normalized spacial score (nSPS) is 18.2. The van der Waals surface area contributed by atoms with Crippen molar-refractivity contribution in [1.82, 2.24) is 4.98 Å². The second kappa shape index (κ2) is 3.44. The predicted molar refractivity (Wildman–Crippen MR) is 52.9 cm³/mol. The van der Waals surface area contributed by atoms with E-state index in [2.05, 4.69) is 22.2 Å². The quantitative estimate of drug-likeness (QED) is 0.663. The molecule has 3 heteroatoms. The first-order chi connectivity index (χ1) is 5.86. The van der Waals surface area contributed by atoms with Crippen LogP contribution in [0.3, 0.4) is 0 Å². The second-order valence-electron chi connectivity index (χ2n) is 3.27. The molecule has 0 N–H and O–H groups in total. The van der Waals surface area contributed by atoms with Crippen LogP contribution < -0.4 is 4.90 Å². The van der Waals surface area contributed by atoms with Gasteiger partial charge >= 0.3 is 0 Å². The van der Waals surface area contributed by atoms with Gasteiger partial charge in [-0.25, -0.2) is 4.98 Å². The molecule has 0 radical (unpaired) electrons. The van der Waals surface area contributed by atoms with Crippen LogP contribution in [0.4, 0.5) is 5.82 Å². The summed E-state index contributed by atoms with van der Waals surface area (Å²) in [4.78, 5) is 6.87. The minimum Gasteiger partial charge on any atom is -0.356 e. The summed E-state index contributed by atoms with van der Waals surface area (Å²) in [6, 6.07) is 0. The molecule has 1 fully saturated rings. The molecular weight excluding hydrogens is 168 g/mol. The summed E-state index contributed by atoms with van der Waals surface area (Å²) in [5.41, 5.74) is 0. The molecule has 0 atom stereocenters. The van der Waals surface area contributed by atoms with Crippen LogP contribution in [0.15, 0.2) is 5.38 Å². The maximum absolute atomic E-state index is 4.48. The third kappa shape index (κ3) is 1.61. The first kappa shape index (κ1) is 8.05. The predicted octanol–water partition coefficient (Wildman–Crippen LogP) is 2.44. The molecule has 0 aromatic carbocycles. The minimum atomic E-state index is 1.18. The topological polar surface area (TPSA) is 16.1 Å². The van der Waals surface area contributed by atoms with E-state index in [1.54, 1.807) is 11.3 Å². The van der Waals surface area contributed by atoms with Gasteiger partial charge in [0.05, 0.1) is 5.01 Å². The molecule has 2 nitrogen and oxygen atoms in total. The Morgan fingerprint density at radius 3 is 2.67 bits per heavy atom. The second-order valence-corrected chi connectivity index (χ2v) is 4.33. The fourth-order valence-electron chi connectivity index (χ4n) is 1.62. The standard InChI is InChI=1S/C9H14N2S/c1-8-10-9(7-12-8)11-5-3-2-4-6-11/h7H,2-6H2,1H3. The Balaban J connectivity index is 2.08. The molecule has 0 bridgehead atoms. The van der Waals surface area contributed by atoms with Crippen molar-refractivity contribution >= 4 is 17.2 Å². The zero-order valence-corrected chi connectivity index (χ0v) is 8.23. The molecule has 66 valence electrons. The Bertz CT molecular complexity index is 251. The van der Waals surface area contributed by atoms with Crippen LogP contribution in [0.2, 0.25) is 0 Å². The summed E-state index contributed by atoms with van der Waals surface area (Å²) in [7, 11) is 0. The first-order valence-corrected chi connectivity index (χ1v) is 5.41. The Labute approximate surface area is 77.2 Å². The van der Waals surface area contributed by atoms with E-state index >= 15 is 0 Å². The third-order valence-electron chi connectivity index (χ3n) is 2.29. The molecule has 1 saturated heterocycles. The highest BCUT2D eigenvalue weighted by atomic mass is 32.1. The Morgan fingerprint density at radius 1 is 1.33 bits per heavy atom. The van der Waals surface area contributed by atoms with E-state index in [1.807, 2.05) is 0 Å². The molecule has 1 aliphatic heterocycles. The van der Waals surface area contributed by atoms with Crippen LogP contribution in [-0.2, 0) is 0 Å². The van der Waals surface area contributed by atoms with Crippen molar-refractivity contribution < 1.29 is 0 Å². The highest BCUT2D eigenvalue weighted by Crippen LogP contribution is 2.21. The number of anilines is 1. The maximum atomic E-state index is 4.48. The average Bonchev–Trinajstić information content (AvgIpc) is 2.54. The molecule has 1 aromatic rings. The van der Waals surface area contributed by atoms with Crippen LogP contribution >= 0.6 is 11.3 Å². The van der Waals surface area contributed by atoms with Gasteiger partial charge in [0.2, 0.25) is 0 Å². The third-order valence-corrected chi connectivity index (χ3v) is 3.05. The molecule has 0 unspecified atom stereocenters. The lowest BCUT2D eigenvalue weighted by atomic mass is 10.1. The molecular formula is C9H14N2S. The Hall–Kier alpha value is -0.570. The summed E-state index contributed by atoms with van der Waals surface area (Å²) in [5.74, 6) is 1.19. The van der Waals surface area contributed by atoms with Gasteiger partial charge in [-0.3, -0.25) is 0 Å². The van der Waals surface area contributed by atoms with Gasteiger partial charge in [-0.1, -0.05) is 0 Å². The molecule has 0 saturated carbocycles. The van der Waals surface area contributed by atoms with Crippen molar-refractivity contribution in [3.05, 3.63) is 10.4 Å². The van der Waals surface area contributed by atoms with Gasteiger partial charge in [0, 0.05) is 18.5 Å². The lowest BCUT2D eigenvalue weighted by Crippen LogP contribution is -2.29. The highest BCUT2D eigenvalue weighted by molar-refractivity contribution is 7.09. The van der Waals surface area contributed by atoms with E-state index in [1.165, 1.54) is 43.2 Å². The average molecular weight is 182 g/mol. The van der Waals surface area contributed by atoms with Crippen LogP contribution in [0.25, 0.3) is 0 Å². The van der Waals surface area contributed by atoms with Crippen molar-refractivity contribution in [2.24, 2.45) is 0 Å². The largest absolute Gasteiger partial charge is 0.356 e. The van der Waals surface area contributed by atoms with E-state index in [9.17, 15) is 0 Å². The number of hydrogen-bond donors (Lipinski definition) is 0. The van der Waals surface area contributed by atoms with Gasteiger partial charge in [-0.2, -0.15) is 0 Å². The van der Waals surface area contributed by atoms with E-state index < -0.39 is 0 Å². The van der Waals surface area contributed by atoms with Gasteiger partial charge in [0.25, 0.3) is 0 Å². The SMILES string of the molecule is Cc1nc(N2CCCCC2)cs1. The minimum absolute atomic E-state index is 1.18. The van der Waals surface area contributed by atoms with E-state index in [-0.39, 0.29) is 0 Å². The molecule has 1 aliphatic rings. The molecule has 1 aromatic heterocycles. The number of aromatic nitrogens is 1. The molecule has 0 aliphatic carbocycles. The number of thiazole rings is 1. The monoisotopic (exact) mass is 182 g/mol. The fourth-order valence-corrected chi connectivity index (χ4v) is 2.24. The van der Waals surface area contributed by atoms with Gasteiger partial charge < -0.3 is 4.90 Å². The van der Waals surface area contributed by atoms with Crippen molar-refractivity contribution in [2.75, 3.05) is 18.0 Å². The Morgan fingerprint density at radius 2 is 2.08 bits per heavy atom. The number of aryl methyl sites for hydroxylation is 1. The number of nitrogens with zero attached hydrogens (tertiary/aromatic N) is 2. The van der Waals surface area contributed by atoms with E-state index in [4.69, 9.17) is 0 Å². The van der Waals surface area contributed by atoms with Gasteiger partial charge in [-0.15, -0.1) is 11.3 Å². The summed E-state index contributed by atoms with van der Waals surface area (Å²) >= 11 is 1.75. The van der Waals surface area contributed by atoms with Gasteiger partial charge in [0.15, 0.2) is 0 Å². The van der Waals surface area contributed by atoms with Crippen LogP contribution in [0, 0.1) is 6.92 Å². The van der Waals surface area contributed by atoms with Crippen LogP contribution in [0.1, 0.15) is 24.3 Å². The molecule has 12 heavy (non-hydrogen) atoms. The fraction of sp³-hybridized carbons (Fsp3) is 0.667. The Kier molecular flexibility index (Phi) is 2.30. The summed E-state index contributed by atoms with van der Waals surface area (Å²) in [5, 5.41) is 3.34. The maximum Gasteiger partial charge on any atom is 0.139 e. The summed E-state index contributed by atoms with van der Waals surface area (Å²) < 4.78 is 0. The van der Waals surface area contributed by atoms with Gasteiger partial charge in [0.1, 0.15) is 5.82 Å². The summed E-state index contributed by atoms with van der Waals surface area (Å²) in [6.07, 6.45) is 4.05. The lowest BCUT2D eigenvalue weighted by molar-refractivity contribution is 0.574. The smallest absolute Gasteiger partial charge is 0.139 e. The van der Waals surface area contributed by atoms with Crippen molar-refractivity contribution in [1.29, 1.82) is 0 Å². The number of piperidine rings is 1. The van der Waals surface area contributed by atoms with Crippen molar-refractivity contribution in [2.45, 2.75) is 26.2 Å². The first-order valence-electron chi connectivity index (χ1n) is 4.53. The number of hydrogen-bond acceptors (Lipinski definition) is 3. The zero-order valence-electron chi connectivity index (χ0n) is 7.42. The van der Waals surface area contributed by atoms with Crippen LogP contribution in [-0.4, -0.2) is 18.1 Å². The van der Waals surface area contributed by atoms with E-state index in [0.29, 0.717) is 0 Å². The highest BCUT2D eigenvalue weighted by Gasteiger charge is 2.12. The van der Waals surface area contributed by atoms with Gasteiger partial charge in [-0.05, 0) is 26.2 Å². The summed E-state index contributed by atoms with van der Waals surface area (Å²) in [6.45, 7) is 4.46. The van der Waals surface area contributed by atoms with E-state index in [0.717, 1.165) is 0 Å². The lowest BCUT2D eigenvalue weighted by Gasteiger charge is -2.26.